The topological polar surface area (TPSA) is 86.9 Å². The number of rotatable bonds is 8. The molecule has 1 aromatic carbocycles. The molecule has 192 valence electrons. The maximum atomic E-state index is 13.6. The van der Waals surface area contributed by atoms with Crippen LogP contribution >= 0.6 is 0 Å². The Balaban J connectivity index is 1.21. The third-order valence-corrected chi connectivity index (χ3v) is 9.47. The third kappa shape index (κ3) is 5.75. The summed E-state index contributed by atoms with van der Waals surface area (Å²) in [5.74, 6) is 1.22. The van der Waals surface area contributed by atoms with Gasteiger partial charge in [-0.15, -0.1) is 0 Å². The lowest BCUT2D eigenvalue weighted by Crippen LogP contribution is -2.49. The fourth-order valence-electron chi connectivity index (χ4n) is 7.47. The number of nitrogens with two attached hydrogens (primary N) is 1. The Labute approximate surface area is 210 Å². The number of primary amides is 1. The van der Waals surface area contributed by atoms with Crippen LogP contribution in [-0.2, 0) is 4.79 Å². The monoisotopic (exact) mass is 481 g/mol. The molecule has 1 aromatic rings. The second-order valence-corrected chi connectivity index (χ2v) is 11.7. The van der Waals surface area contributed by atoms with E-state index in [-0.39, 0.29) is 17.9 Å². The highest BCUT2D eigenvalue weighted by atomic mass is 16.3. The molecule has 2 aliphatic heterocycles. The van der Waals surface area contributed by atoms with Crippen molar-refractivity contribution in [3.8, 4) is 0 Å². The number of aliphatic hydroxyl groups excluding tert-OH is 1. The van der Waals surface area contributed by atoms with Crippen LogP contribution < -0.4 is 5.73 Å². The largest absolute Gasteiger partial charge is 0.393 e. The number of aliphatic hydroxyl groups is 1. The molecule has 35 heavy (non-hydrogen) atoms. The van der Waals surface area contributed by atoms with Crippen molar-refractivity contribution in [3.63, 3.8) is 0 Å². The first kappa shape index (κ1) is 24.8. The predicted molar refractivity (Wildman–Crippen MR) is 137 cm³/mol. The Morgan fingerprint density at radius 3 is 2.31 bits per heavy atom. The van der Waals surface area contributed by atoms with E-state index in [0.29, 0.717) is 35.4 Å². The van der Waals surface area contributed by atoms with Gasteiger partial charge in [0.1, 0.15) is 0 Å². The van der Waals surface area contributed by atoms with Crippen molar-refractivity contribution in [1.82, 2.24) is 9.80 Å². The molecule has 2 saturated heterocycles. The number of carbonyl (C=O) groups excluding carboxylic acids is 2. The first-order chi connectivity index (χ1) is 17.0. The Hall–Kier alpha value is -1.92. The lowest BCUT2D eigenvalue weighted by Gasteiger charge is -2.41. The quantitative estimate of drug-likeness (QED) is 0.586. The van der Waals surface area contributed by atoms with Crippen LogP contribution in [0.1, 0.15) is 98.9 Å². The van der Waals surface area contributed by atoms with Gasteiger partial charge in [-0.25, -0.2) is 0 Å². The minimum atomic E-state index is -0.355. The van der Waals surface area contributed by atoms with Crippen molar-refractivity contribution >= 4 is 11.8 Å². The van der Waals surface area contributed by atoms with Crippen LogP contribution in [0.4, 0.5) is 0 Å². The number of fused-ring (bicyclic) bond motifs is 2. The lowest BCUT2D eigenvalue weighted by molar-refractivity contribution is -0.138. The van der Waals surface area contributed by atoms with E-state index in [0.717, 1.165) is 58.2 Å². The maximum Gasteiger partial charge on any atom is 0.248 e. The van der Waals surface area contributed by atoms with E-state index in [4.69, 9.17) is 5.73 Å². The molecule has 2 amide bonds. The van der Waals surface area contributed by atoms with Crippen LogP contribution in [0.2, 0.25) is 0 Å². The average molecular weight is 482 g/mol. The summed E-state index contributed by atoms with van der Waals surface area (Å²) in [5.41, 5.74) is 7.37. The Morgan fingerprint density at radius 2 is 1.66 bits per heavy atom. The molecule has 3 N–H and O–H groups in total. The highest BCUT2D eigenvalue weighted by molar-refractivity contribution is 5.92. The molecule has 5 rings (SSSR count). The maximum absolute atomic E-state index is 13.6. The van der Waals surface area contributed by atoms with Crippen LogP contribution in [0.15, 0.2) is 24.3 Å². The summed E-state index contributed by atoms with van der Waals surface area (Å²) in [5, 5.41) is 9.91. The molecule has 2 heterocycles. The molecule has 0 radical (unpaired) electrons. The summed E-state index contributed by atoms with van der Waals surface area (Å²) in [6.07, 6.45) is 12.8. The molecule has 0 spiro atoms. The summed E-state index contributed by atoms with van der Waals surface area (Å²) in [4.78, 5) is 30.1. The van der Waals surface area contributed by atoms with Crippen LogP contribution in [-0.4, -0.2) is 64.5 Å². The number of hydrogen-bond acceptors (Lipinski definition) is 4. The molecule has 0 aromatic heterocycles. The van der Waals surface area contributed by atoms with Gasteiger partial charge < -0.3 is 15.7 Å². The molecular weight excluding hydrogens is 438 g/mol. The second kappa shape index (κ2) is 11.0. The van der Waals surface area contributed by atoms with Gasteiger partial charge in [-0.1, -0.05) is 25.0 Å². The van der Waals surface area contributed by atoms with Gasteiger partial charge in [-0.05, 0) is 93.7 Å². The van der Waals surface area contributed by atoms with E-state index in [1.54, 1.807) is 6.07 Å². The highest BCUT2D eigenvalue weighted by Gasteiger charge is 2.41. The zero-order valence-corrected chi connectivity index (χ0v) is 21.1. The normalized spacial score (nSPS) is 31.5. The van der Waals surface area contributed by atoms with Crippen molar-refractivity contribution < 1.29 is 14.7 Å². The molecule has 6 nitrogen and oxygen atoms in total. The van der Waals surface area contributed by atoms with Gasteiger partial charge in [0.2, 0.25) is 11.8 Å². The highest BCUT2D eigenvalue weighted by Crippen LogP contribution is 2.43. The summed E-state index contributed by atoms with van der Waals surface area (Å²) in [7, 11) is 0. The van der Waals surface area contributed by atoms with E-state index >= 15 is 0 Å². The minimum Gasteiger partial charge on any atom is -0.393 e. The Bertz CT molecular complexity index is 877. The number of hydrogen-bond donors (Lipinski definition) is 2. The number of amides is 2. The molecule has 4 fully saturated rings. The first-order valence-electron chi connectivity index (χ1n) is 14.1. The van der Waals surface area contributed by atoms with Crippen LogP contribution in [0, 0.1) is 11.8 Å². The summed E-state index contributed by atoms with van der Waals surface area (Å²) in [6, 6.07) is 9.02. The number of benzene rings is 1. The molecule has 2 saturated carbocycles. The molecule has 4 aliphatic rings. The standard InChI is InChI=1S/C29H43N3O3/c30-28(34)23-7-3-6-22(16-23)24-17-25-10-11-26(18-24)32(25)15-14-31(19-20-4-1-2-5-20)29(35)21-8-12-27(33)13-9-21/h3,6-7,16,20-21,24-27,33H,1-2,4-5,8-15,17-19H2,(H2,30,34)/t21-,24?,25?,26?,27-. The van der Waals surface area contributed by atoms with E-state index in [9.17, 15) is 14.7 Å². The second-order valence-electron chi connectivity index (χ2n) is 11.7. The van der Waals surface area contributed by atoms with Crippen LogP contribution in [0.3, 0.4) is 0 Å². The first-order valence-corrected chi connectivity index (χ1v) is 14.1. The molecule has 2 aliphatic carbocycles. The number of carbonyl (C=O) groups is 2. The van der Waals surface area contributed by atoms with Crippen LogP contribution in [0.25, 0.3) is 0 Å². The minimum absolute atomic E-state index is 0.0970. The van der Waals surface area contributed by atoms with Gasteiger partial charge in [-0.2, -0.15) is 0 Å². The van der Waals surface area contributed by atoms with Gasteiger partial charge >= 0.3 is 0 Å². The SMILES string of the molecule is NC(=O)c1cccc(C2CC3CCC(C2)N3CCN(CC2CCCC2)C(=O)[C@H]2CC[C@H](O)CC2)c1. The fourth-order valence-corrected chi connectivity index (χ4v) is 7.47. The smallest absolute Gasteiger partial charge is 0.248 e. The summed E-state index contributed by atoms with van der Waals surface area (Å²) >= 11 is 0. The van der Waals surface area contributed by atoms with Gasteiger partial charge in [0.25, 0.3) is 0 Å². The predicted octanol–water partition coefficient (Wildman–Crippen LogP) is 4.07. The fraction of sp³-hybridized carbons (Fsp3) is 0.724. The van der Waals surface area contributed by atoms with Crippen LogP contribution in [0.5, 0.6) is 0 Å². The van der Waals surface area contributed by atoms with Crippen molar-refractivity contribution in [3.05, 3.63) is 35.4 Å². The Kier molecular flexibility index (Phi) is 7.78. The van der Waals surface area contributed by atoms with Crippen molar-refractivity contribution in [1.29, 1.82) is 0 Å². The van der Waals surface area contributed by atoms with Crippen molar-refractivity contribution in [2.24, 2.45) is 17.6 Å². The third-order valence-electron chi connectivity index (χ3n) is 9.47. The zero-order valence-electron chi connectivity index (χ0n) is 21.1. The van der Waals surface area contributed by atoms with E-state index in [1.807, 2.05) is 12.1 Å². The average Bonchev–Trinajstić information content (AvgIpc) is 3.46. The number of piperidine rings is 1. The van der Waals surface area contributed by atoms with Gasteiger partial charge in [0.15, 0.2) is 0 Å². The van der Waals surface area contributed by atoms with E-state index in [1.165, 1.54) is 44.1 Å². The van der Waals surface area contributed by atoms with Crippen molar-refractivity contribution in [2.45, 2.75) is 101 Å². The van der Waals surface area contributed by atoms with E-state index in [2.05, 4.69) is 15.9 Å². The lowest BCUT2D eigenvalue weighted by atomic mass is 9.84. The molecule has 2 bridgehead atoms. The van der Waals surface area contributed by atoms with E-state index < -0.39 is 0 Å². The molecule has 6 heteroatoms. The van der Waals surface area contributed by atoms with Gasteiger partial charge in [0, 0.05) is 43.2 Å². The molecule has 2 unspecified atom stereocenters. The summed E-state index contributed by atoms with van der Waals surface area (Å²) < 4.78 is 0. The number of nitrogens with zero attached hydrogens (tertiary/aromatic N) is 2. The van der Waals surface area contributed by atoms with Gasteiger partial charge in [0.05, 0.1) is 6.10 Å². The van der Waals surface area contributed by atoms with Gasteiger partial charge in [-0.3, -0.25) is 14.5 Å². The molecule has 2 atom stereocenters. The summed E-state index contributed by atoms with van der Waals surface area (Å²) in [6.45, 7) is 2.73. The van der Waals surface area contributed by atoms with Crippen molar-refractivity contribution in [2.75, 3.05) is 19.6 Å². The zero-order chi connectivity index (χ0) is 24.4. The Morgan fingerprint density at radius 1 is 0.971 bits per heavy atom. The molecular formula is C29H43N3O3.